The lowest BCUT2D eigenvalue weighted by atomic mass is 9.91. The monoisotopic (exact) mass is 555 g/mol. The Morgan fingerprint density at radius 2 is 1.41 bits per heavy atom. The zero-order chi connectivity index (χ0) is 27.4. The van der Waals surface area contributed by atoms with E-state index in [1.807, 2.05) is 0 Å². The van der Waals surface area contributed by atoms with Crippen LogP contribution in [0, 0.1) is 5.41 Å². The Labute approximate surface area is 191 Å². The van der Waals surface area contributed by atoms with E-state index in [1.165, 1.54) is 0 Å². The molecular weight excluding hydrogens is 531 g/mol. The maximum Gasteiger partial charge on any atom is 0.498 e. The molecule has 0 aliphatic rings. The topological polar surface area (TPSA) is 133 Å². The highest BCUT2D eigenvalue weighted by Crippen LogP contribution is 2.42. The van der Waals surface area contributed by atoms with Gasteiger partial charge in [0.05, 0.1) is 12.0 Å². The molecular formula is C16H24F7NO8S2. The van der Waals surface area contributed by atoms with Gasteiger partial charge in [-0.05, 0) is 20.3 Å². The van der Waals surface area contributed by atoms with Crippen molar-refractivity contribution < 1.29 is 66.6 Å². The molecule has 202 valence electrons. The average Bonchev–Trinajstić information content (AvgIpc) is 2.65. The van der Waals surface area contributed by atoms with E-state index in [0.29, 0.717) is 6.42 Å². The minimum absolute atomic E-state index is 0.145. The molecule has 0 aromatic rings. The van der Waals surface area contributed by atoms with Gasteiger partial charge >= 0.3 is 29.4 Å². The minimum atomic E-state index is -6.82. The first-order valence-corrected chi connectivity index (χ1v) is 12.7. The summed E-state index contributed by atoms with van der Waals surface area (Å²) in [6.45, 7) is 1.48. The number of esters is 1. The summed E-state index contributed by atoms with van der Waals surface area (Å²) in [5.41, 5.74) is -7.17. The van der Waals surface area contributed by atoms with Gasteiger partial charge in [-0.1, -0.05) is 6.92 Å². The normalized spacial score (nSPS) is 14.9. The van der Waals surface area contributed by atoms with Crippen LogP contribution in [0.25, 0.3) is 0 Å². The van der Waals surface area contributed by atoms with E-state index in [9.17, 15) is 57.2 Å². The number of nitrogens with one attached hydrogen (secondary N) is 1. The van der Waals surface area contributed by atoms with E-state index in [0.717, 1.165) is 0 Å². The van der Waals surface area contributed by atoms with E-state index >= 15 is 0 Å². The van der Waals surface area contributed by atoms with E-state index in [-0.39, 0.29) is 6.26 Å². The number of carbonyl (C=O) groups is 2. The molecule has 0 aliphatic heterocycles. The Hall–Kier alpha value is -1.85. The number of carbonyl (C=O) groups excluding carboxylic acids is 2. The number of hydrogen-bond donors (Lipinski definition) is 1. The van der Waals surface area contributed by atoms with Gasteiger partial charge in [0.1, 0.15) is 6.61 Å². The van der Waals surface area contributed by atoms with Crippen molar-refractivity contribution in [1.82, 2.24) is 5.32 Å². The quantitative estimate of drug-likeness (QED) is 0.221. The molecule has 0 spiro atoms. The van der Waals surface area contributed by atoms with Crippen LogP contribution in [-0.4, -0.2) is 76.8 Å². The molecule has 0 bridgehead atoms. The third-order valence-corrected chi connectivity index (χ3v) is 8.96. The lowest BCUT2D eigenvalue weighted by Crippen LogP contribution is -2.51. The molecule has 1 N–H and O–H groups in total. The van der Waals surface area contributed by atoms with Crippen LogP contribution in [0.2, 0.25) is 0 Å². The molecule has 1 amide bonds. The van der Waals surface area contributed by atoms with Crippen LogP contribution in [0.3, 0.4) is 0 Å². The molecule has 0 rings (SSSR count). The largest absolute Gasteiger partial charge is 0.498 e. The maximum atomic E-state index is 14.0. The predicted octanol–water partition coefficient (Wildman–Crippen LogP) is 2.66. The molecule has 18 heteroatoms. The standard InChI is InChI=1S/C16H24F7NO8S2/c1-5-13(2,3)11(25)31-7-6-24-12(26)32-9-15(19,20)14(17,18)8-10(33(4,27)28)34(29,30)16(21,22)23/h10H,5-9H2,1-4H3,(H,24,26). The number of hydrogen-bond acceptors (Lipinski definition) is 8. The van der Waals surface area contributed by atoms with E-state index < -0.39 is 85.3 Å². The molecule has 1 atom stereocenters. The van der Waals surface area contributed by atoms with E-state index in [2.05, 4.69) is 4.74 Å². The van der Waals surface area contributed by atoms with Crippen molar-refractivity contribution in [2.45, 2.75) is 55.5 Å². The summed E-state index contributed by atoms with van der Waals surface area (Å²) in [5.74, 6) is -11.8. The molecule has 0 fully saturated rings. The van der Waals surface area contributed by atoms with Gasteiger partial charge in [-0.2, -0.15) is 30.7 Å². The van der Waals surface area contributed by atoms with Crippen LogP contribution in [0.5, 0.6) is 0 Å². The average molecular weight is 555 g/mol. The maximum absolute atomic E-state index is 14.0. The smallest absolute Gasteiger partial charge is 0.463 e. The van der Waals surface area contributed by atoms with Gasteiger partial charge in [-0.3, -0.25) is 4.79 Å². The highest BCUT2D eigenvalue weighted by atomic mass is 32.3. The van der Waals surface area contributed by atoms with Crippen molar-refractivity contribution in [1.29, 1.82) is 0 Å². The number of alkyl carbamates (subject to hydrolysis) is 1. The van der Waals surface area contributed by atoms with Gasteiger partial charge in [0.2, 0.25) is 0 Å². The molecule has 0 saturated carbocycles. The molecule has 0 aromatic carbocycles. The Bertz CT molecular complexity index is 947. The van der Waals surface area contributed by atoms with Gasteiger partial charge in [-0.25, -0.2) is 21.6 Å². The lowest BCUT2D eigenvalue weighted by molar-refractivity contribution is -0.226. The van der Waals surface area contributed by atoms with Crippen molar-refractivity contribution in [2.75, 3.05) is 26.0 Å². The van der Waals surface area contributed by atoms with E-state index in [1.54, 1.807) is 26.1 Å². The fraction of sp³-hybridized carbons (Fsp3) is 0.875. The van der Waals surface area contributed by atoms with Crippen LogP contribution < -0.4 is 5.32 Å². The fourth-order valence-corrected chi connectivity index (χ4v) is 5.36. The van der Waals surface area contributed by atoms with Gasteiger partial charge in [0.25, 0.3) is 9.84 Å². The first-order valence-electron chi connectivity index (χ1n) is 9.25. The lowest BCUT2D eigenvalue weighted by Gasteiger charge is -2.29. The van der Waals surface area contributed by atoms with Gasteiger partial charge in [0, 0.05) is 12.7 Å². The number of amides is 1. The Morgan fingerprint density at radius 3 is 1.82 bits per heavy atom. The summed E-state index contributed by atoms with van der Waals surface area (Å²) >= 11 is 0. The summed E-state index contributed by atoms with van der Waals surface area (Å²) < 4.78 is 144. The number of alkyl halides is 7. The molecule has 0 aromatic heterocycles. The van der Waals surface area contributed by atoms with Crippen LogP contribution in [0.4, 0.5) is 35.5 Å². The molecule has 0 radical (unpaired) electrons. The second-order valence-corrected chi connectivity index (χ2v) is 12.4. The van der Waals surface area contributed by atoms with Crippen molar-refractivity contribution in [3.8, 4) is 0 Å². The van der Waals surface area contributed by atoms with Gasteiger partial charge < -0.3 is 14.8 Å². The highest BCUT2D eigenvalue weighted by Gasteiger charge is 2.64. The summed E-state index contributed by atoms with van der Waals surface area (Å²) in [4.78, 5) is 23.1. The molecule has 1 unspecified atom stereocenters. The summed E-state index contributed by atoms with van der Waals surface area (Å²) in [6.07, 6.45) is -4.39. The molecule has 9 nitrogen and oxygen atoms in total. The number of halogens is 7. The molecule has 0 saturated heterocycles. The van der Waals surface area contributed by atoms with Crippen molar-refractivity contribution in [3.63, 3.8) is 0 Å². The Balaban J connectivity index is 5.15. The van der Waals surface area contributed by atoms with Crippen LogP contribution in [0.15, 0.2) is 0 Å². The Kier molecular flexibility index (Phi) is 10.2. The first-order chi connectivity index (χ1) is 14.9. The minimum Gasteiger partial charge on any atom is -0.463 e. The third kappa shape index (κ3) is 8.42. The van der Waals surface area contributed by atoms with Crippen LogP contribution >= 0.6 is 0 Å². The zero-order valence-corrected chi connectivity index (χ0v) is 20.0. The molecule has 34 heavy (non-hydrogen) atoms. The summed E-state index contributed by atoms with van der Waals surface area (Å²) in [7, 11) is -12.3. The second-order valence-electron chi connectivity index (χ2n) is 7.74. The van der Waals surface area contributed by atoms with Crippen molar-refractivity contribution in [2.24, 2.45) is 5.41 Å². The fourth-order valence-electron chi connectivity index (χ4n) is 1.95. The molecule has 0 heterocycles. The van der Waals surface area contributed by atoms with Crippen molar-refractivity contribution >= 4 is 31.7 Å². The van der Waals surface area contributed by atoms with E-state index in [4.69, 9.17) is 4.74 Å². The van der Waals surface area contributed by atoms with Gasteiger partial charge in [-0.15, -0.1) is 0 Å². The van der Waals surface area contributed by atoms with Crippen molar-refractivity contribution in [3.05, 3.63) is 0 Å². The summed E-state index contributed by atoms with van der Waals surface area (Å²) in [6, 6.07) is 0. The van der Waals surface area contributed by atoms with Crippen LogP contribution in [-0.2, 0) is 33.9 Å². The third-order valence-electron chi connectivity index (χ3n) is 4.53. The Morgan fingerprint density at radius 1 is 0.912 bits per heavy atom. The first kappa shape index (κ1) is 32.1. The summed E-state index contributed by atoms with van der Waals surface area (Å²) in [5, 5.41) is 1.78. The predicted molar refractivity (Wildman–Crippen MR) is 102 cm³/mol. The zero-order valence-electron chi connectivity index (χ0n) is 18.3. The number of sulfone groups is 2. The number of ether oxygens (including phenoxy) is 2. The van der Waals surface area contributed by atoms with Crippen LogP contribution in [0.1, 0.15) is 33.6 Å². The number of rotatable bonds is 12. The van der Waals surface area contributed by atoms with Gasteiger partial charge in [0.15, 0.2) is 21.0 Å². The second kappa shape index (κ2) is 10.8. The molecule has 0 aliphatic carbocycles. The SMILES string of the molecule is CCC(C)(C)C(=O)OCCNC(=O)OCC(F)(F)C(F)(F)CC(S(C)(=O)=O)S(=O)(=O)C(F)(F)F. The highest BCUT2D eigenvalue weighted by molar-refractivity contribution is 8.09.